The van der Waals surface area contributed by atoms with Crippen LogP contribution in [0.2, 0.25) is 10.0 Å². The van der Waals surface area contributed by atoms with Crippen molar-refractivity contribution in [2.75, 3.05) is 0 Å². The third-order valence-corrected chi connectivity index (χ3v) is 4.17. The van der Waals surface area contributed by atoms with Crippen molar-refractivity contribution < 1.29 is 4.79 Å². The number of rotatable bonds is 1. The summed E-state index contributed by atoms with van der Waals surface area (Å²) in [6.07, 6.45) is 0.576. The van der Waals surface area contributed by atoms with Crippen molar-refractivity contribution in [3.05, 3.63) is 33.8 Å². The molecule has 3 heteroatoms. The van der Waals surface area contributed by atoms with Gasteiger partial charge in [-0.25, -0.2) is 0 Å². The lowest BCUT2D eigenvalue weighted by Gasteiger charge is -2.43. The Labute approximate surface area is 99.4 Å². The number of Topliss-reactive ketones (excluding diaryl/α,β-unsaturated/α-hetero) is 1. The van der Waals surface area contributed by atoms with E-state index in [1.54, 1.807) is 6.07 Å². The van der Waals surface area contributed by atoms with Crippen LogP contribution in [0.15, 0.2) is 18.2 Å². The van der Waals surface area contributed by atoms with Crippen molar-refractivity contribution in [3.8, 4) is 0 Å². The van der Waals surface area contributed by atoms with Crippen LogP contribution >= 0.6 is 23.2 Å². The summed E-state index contributed by atoms with van der Waals surface area (Å²) in [6, 6.07) is 5.59. The lowest BCUT2D eigenvalue weighted by molar-refractivity contribution is -0.137. The third-order valence-electron chi connectivity index (χ3n) is 3.34. The summed E-state index contributed by atoms with van der Waals surface area (Å²) in [5, 5.41) is 1.15. The average molecular weight is 243 g/mol. The van der Waals surface area contributed by atoms with Crippen LogP contribution in [0.4, 0.5) is 0 Å². The summed E-state index contributed by atoms with van der Waals surface area (Å²) in [6.45, 7) is 3.92. The molecule has 1 aromatic rings. The summed E-state index contributed by atoms with van der Waals surface area (Å²) < 4.78 is 0. The topological polar surface area (TPSA) is 17.1 Å². The lowest BCUT2D eigenvalue weighted by atomic mass is 9.59. The summed E-state index contributed by atoms with van der Waals surface area (Å²) in [4.78, 5) is 11.5. The molecule has 0 saturated heterocycles. The van der Waals surface area contributed by atoms with E-state index in [4.69, 9.17) is 23.2 Å². The van der Waals surface area contributed by atoms with Gasteiger partial charge >= 0.3 is 0 Å². The number of carbonyl (C=O) groups excluding carboxylic acids is 1. The highest BCUT2D eigenvalue weighted by Gasteiger charge is 2.48. The molecule has 1 unspecified atom stereocenters. The van der Waals surface area contributed by atoms with E-state index in [1.165, 1.54) is 0 Å². The van der Waals surface area contributed by atoms with Gasteiger partial charge in [-0.2, -0.15) is 0 Å². The van der Waals surface area contributed by atoms with Gasteiger partial charge in [0.2, 0.25) is 0 Å². The van der Waals surface area contributed by atoms with Gasteiger partial charge in [0.15, 0.2) is 0 Å². The number of ketones is 1. The fraction of sp³-hybridized carbons (Fsp3) is 0.417. The molecule has 1 fully saturated rings. The summed E-state index contributed by atoms with van der Waals surface area (Å²) >= 11 is 12.1. The second-order valence-corrected chi connectivity index (χ2v) is 5.33. The van der Waals surface area contributed by atoms with Gasteiger partial charge in [0, 0.05) is 17.8 Å². The van der Waals surface area contributed by atoms with E-state index in [0.717, 1.165) is 5.56 Å². The minimum Gasteiger partial charge on any atom is -0.299 e. The monoisotopic (exact) mass is 242 g/mol. The van der Waals surface area contributed by atoms with Crippen LogP contribution in [0.3, 0.4) is 0 Å². The molecule has 1 saturated carbocycles. The number of hydrogen-bond donors (Lipinski definition) is 0. The third kappa shape index (κ3) is 1.58. The van der Waals surface area contributed by atoms with E-state index in [0.29, 0.717) is 22.2 Å². The van der Waals surface area contributed by atoms with E-state index in [9.17, 15) is 4.79 Å². The van der Waals surface area contributed by atoms with Crippen LogP contribution in [0, 0.1) is 5.41 Å². The zero-order valence-corrected chi connectivity index (χ0v) is 10.2. The van der Waals surface area contributed by atoms with Gasteiger partial charge in [0.25, 0.3) is 0 Å². The molecule has 1 aliphatic rings. The Morgan fingerprint density at radius 2 is 2.00 bits per heavy atom. The van der Waals surface area contributed by atoms with Gasteiger partial charge in [0.1, 0.15) is 5.78 Å². The predicted octanol–water partition coefficient (Wildman–Crippen LogP) is 4.08. The minimum atomic E-state index is -0.297. The van der Waals surface area contributed by atoms with E-state index < -0.39 is 0 Å². The van der Waals surface area contributed by atoms with Crippen LogP contribution in [0.5, 0.6) is 0 Å². The smallest absolute Gasteiger partial charge is 0.139 e. The maximum absolute atomic E-state index is 11.5. The Hall–Kier alpha value is -0.530. The molecule has 0 N–H and O–H groups in total. The van der Waals surface area contributed by atoms with Gasteiger partial charge in [-0.1, -0.05) is 49.2 Å². The number of halogens is 2. The second kappa shape index (κ2) is 3.50. The summed E-state index contributed by atoms with van der Waals surface area (Å²) in [5.41, 5.74) is 0.697. The zero-order chi connectivity index (χ0) is 11.2. The first kappa shape index (κ1) is 11.0. The maximum Gasteiger partial charge on any atom is 0.139 e. The van der Waals surface area contributed by atoms with Gasteiger partial charge in [-0.15, -0.1) is 0 Å². The van der Waals surface area contributed by atoms with Crippen molar-refractivity contribution in [1.82, 2.24) is 0 Å². The molecular formula is C12H12Cl2O. The van der Waals surface area contributed by atoms with Crippen molar-refractivity contribution in [3.63, 3.8) is 0 Å². The molecule has 1 aromatic carbocycles. The van der Waals surface area contributed by atoms with Crippen LogP contribution in [0.1, 0.15) is 31.7 Å². The Balaban J connectivity index is 2.40. The molecule has 1 atom stereocenters. The molecule has 0 aromatic heterocycles. The van der Waals surface area contributed by atoms with Gasteiger partial charge in [-0.05, 0) is 11.6 Å². The van der Waals surface area contributed by atoms with Crippen molar-refractivity contribution >= 4 is 29.0 Å². The molecule has 0 aliphatic heterocycles. The summed E-state index contributed by atoms with van der Waals surface area (Å²) in [7, 11) is 0. The Morgan fingerprint density at radius 3 is 2.53 bits per heavy atom. The SMILES string of the molecule is CC1(C)C(=O)CC1c1cccc(Cl)c1Cl. The molecule has 15 heavy (non-hydrogen) atoms. The highest BCUT2D eigenvalue weighted by atomic mass is 35.5. The second-order valence-electron chi connectivity index (χ2n) is 4.54. The molecule has 0 radical (unpaired) electrons. The molecular weight excluding hydrogens is 231 g/mol. The highest BCUT2D eigenvalue weighted by Crippen LogP contribution is 2.51. The van der Waals surface area contributed by atoms with Crippen molar-refractivity contribution in [2.24, 2.45) is 5.41 Å². The molecule has 0 heterocycles. The zero-order valence-electron chi connectivity index (χ0n) is 8.68. The van der Waals surface area contributed by atoms with Crippen LogP contribution in [-0.4, -0.2) is 5.78 Å². The lowest BCUT2D eigenvalue weighted by Crippen LogP contribution is -2.43. The molecule has 0 spiro atoms. The first-order chi connectivity index (χ1) is 6.94. The highest BCUT2D eigenvalue weighted by molar-refractivity contribution is 6.42. The molecule has 0 amide bonds. The van der Waals surface area contributed by atoms with E-state index in [-0.39, 0.29) is 11.3 Å². The summed E-state index contributed by atoms with van der Waals surface area (Å²) in [5.74, 6) is 0.500. The first-order valence-electron chi connectivity index (χ1n) is 4.92. The fourth-order valence-corrected chi connectivity index (χ4v) is 2.49. The molecule has 0 bridgehead atoms. The van der Waals surface area contributed by atoms with Crippen LogP contribution < -0.4 is 0 Å². The van der Waals surface area contributed by atoms with Crippen molar-refractivity contribution in [2.45, 2.75) is 26.2 Å². The van der Waals surface area contributed by atoms with E-state index in [2.05, 4.69) is 0 Å². The van der Waals surface area contributed by atoms with Gasteiger partial charge < -0.3 is 0 Å². The minimum absolute atomic E-state index is 0.205. The Bertz CT molecular complexity index is 424. The van der Waals surface area contributed by atoms with Crippen molar-refractivity contribution in [1.29, 1.82) is 0 Å². The average Bonchev–Trinajstić information content (AvgIpc) is 2.19. The van der Waals surface area contributed by atoms with E-state index in [1.807, 2.05) is 26.0 Å². The first-order valence-corrected chi connectivity index (χ1v) is 5.67. The molecule has 1 nitrogen and oxygen atoms in total. The molecule has 2 rings (SSSR count). The van der Waals surface area contributed by atoms with Gasteiger partial charge in [0.05, 0.1) is 10.0 Å². The van der Waals surface area contributed by atoms with E-state index >= 15 is 0 Å². The standard InChI is InChI=1S/C12H12Cl2O/c1-12(2)8(6-10(12)15)7-4-3-5-9(13)11(7)14/h3-5,8H,6H2,1-2H3. The largest absolute Gasteiger partial charge is 0.299 e. The molecule has 1 aliphatic carbocycles. The predicted molar refractivity (Wildman–Crippen MR) is 62.6 cm³/mol. The number of benzene rings is 1. The quantitative estimate of drug-likeness (QED) is 0.726. The fourth-order valence-electron chi connectivity index (χ4n) is 2.06. The Morgan fingerprint density at radius 1 is 1.33 bits per heavy atom. The maximum atomic E-state index is 11.5. The Kier molecular flexibility index (Phi) is 2.56. The number of carbonyl (C=O) groups is 1. The number of hydrogen-bond acceptors (Lipinski definition) is 1. The van der Waals surface area contributed by atoms with Gasteiger partial charge in [-0.3, -0.25) is 4.79 Å². The van der Waals surface area contributed by atoms with Crippen LogP contribution in [0.25, 0.3) is 0 Å². The molecule has 80 valence electrons. The normalized spacial score (nSPS) is 23.7. The van der Waals surface area contributed by atoms with Crippen LogP contribution in [-0.2, 0) is 4.79 Å².